The molecule has 0 spiro atoms. The first kappa shape index (κ1) is 10.4. The van der Waals surface area contributed by atoms with Crippen molar-refractivity contribution in [2.24, 2.45) is 0 Å². The number of hydrogen-bond acceptors (Lipinski definition) is 3. The predicted octanol–water partition coefficient (Wildman–Crippen LogP) is 1.65. The van der Waals surface area contributed by atoms with Gasteiger partial charge in [-0.25, -0.2) is 4.98 Å². The molecule has 1 fully saturated rings. The lowest BCUT2D eigenvalue weighted by molar-refractivity contribution is -0.0217. The fraction of sp³-hybridized carbons (Fsp3) is 0.636. The molecule has 1 aliphatic heterocycles. The average molecular weight is 208 g/mol. The maximum absolute atomic E-state index is 10.5. The van der Waals surface area contributed by atoms with Crippen molar-refractivity contribution >= 4 is 6.29 Å². The van der Waals surface area contributed by atoms with Gasteiger partial charge >= 0.3 is 0 Å². The Balaban J connectivity index is 1.95. The summed E-state index contributed by atoms with van der Waals surface area (Å²) in [5.41, 5.74) is 0.478. The number of rotatable bonds is 3. The molecule has 0 bridgehead atoms. The lowest BCUT2D eigenvalue weighted by Gasteiger charge is -2.19. The van der Waals surface area contributed by atoms with Gasteiger partial charge in [-0.1, -0.05) is 0 Å². The van der Waals surface area contributed by atoms with E-state index in [1.54, 1.807) is 12.5 Å². The van der Waals surface area contributed by atoms with Crippen LogP contribution in [0.15, 0.2) is 12.5 Å². The number of aromatic nitrogens is 2. The Hall–Kier alpha value is -1.16. The van der Waals surface area contributed by atoms with E-state index >= 15 is 0 Å². The third kappa shape index (κ3) is 2.45. The molecule has 0 aliphatic carbocycles. The maximum atomic E-state index is 10.5. The summed E-state index contributed by atoms with van der Waals surface area (Å²) in [6.07, 6.45) is 6.60. The molecule has 4 heteroatoms. The van der Waals surface area contributed by atoms with Crippen LogP contribution in [0.1, 0.15) is 37.2 Å². The Labute approximate surface area is 89.3 Å². The maximum Gasteiger partial charge on any atom is 0.169 e. The van der Waals surface area contributed by atoms with Crippen LogP contribution in [-0.2, 0) is 11.3 Å². The van der Waals surface area contributed by atoms with Gasteiger partial charge in [0.25, 0.3) is 0 Å². The number of hydrogen-bond donors (Lipinski definition) is 0. The molecule has 2 heterocycles. The van der Waals surface area contributed by atoms with Crippen molar-refractivity contribution in [2.45, 2.75) is 44.9 Å². The second-order valence-electron chi connectivity index (χ2n) is 4.65. The van der Waals surface area contributed by atoms with Crippen LogP contribution in [0.5, 0.6) is 0 Å². The number of ether oxygens (including phenoxy) is 1. The Bertz CT molecular complexity index is 357. The summed E-state index contributed by atoms with van der Waals surface area (Å²) in [6.45, 7) is 5.00. The summed E-state index contributed by atoms with van der Waals surface area (Å²) >= 11 is 0. The summed E-state index contributed by atoms with van der Waals surface area (Å²) in [5, 5.41) is 0. The smallest absolute Gasteiger partial charge is 0.169 e. The molecule has 0 N–H and O–H groups in total. The van der Waals surface area contributed by atoms with E-state index in [4.69, 9.17) is 4.74 Å². The molecule has 0 aromatic carbocycles. The molecular weight excluding hydrogens is 192 g/mol. The second-order valence-corrected chi connectivity index (χ2v) is 4.65. The summed E-state index contributed by atoms with van der Waals surface area (Å²) in [6, 6.07) is 0. The molecular formula is C11H16N2O2. The molecule has 1 aliphatic rings. The Kier molecular flexibility index (Phi) is 2.61. The number of nitrogens with zero attached hydrogens (tertiary/aromatic N) is 2. The van der Waals surface area contributed by atoms with E-state index in [2.05, 4.69) is 18.8 Å². The minimum atomic E-state index is -0.00125. The van der Waals surface area contributed by atoms with Crippen molar-refractivity contribution in [3.05, 3.63) is 18.2 Å². The number of imidazole rings is 1. The van der Waals surface area contributed by atoms with Crippen LogP contribution >= 0.6 is 0 Å². The van der Waals surface area contributed by atoms with Gasteiger partial charge in [0.05, 0.1) is 18.0 Å². The minimum absolute atomic E-state index is 0.00125. The monoisotopic (exact) mass is 208 g/mol. The zero-order valence-corrected chi connectivity index (χ0v) is 9.14. The second kappa shape index (κ2) is 3.77. The van der Waals surface area contributed by atoms with Crippen LogP contribution in [0.2, 0.25) is 0 Å². The van der Waals surface area contributed by atoms with Crippen molar-refractivity contribution in [3.63, 3.8) is 0 Å². The molecule has 1 aromatic heterocycles. The van der Waals surface area contributed by atoms with Crippen LogP contribution in [0.25, 0.3) is 0 Å². The first-order valence-electron chi connectivity index (χ1n) is 5.24. The molecule has 1 aromatic rings. The topological polar surface area (TPSA) is 44.1 Å². The molecule has 1 atom stereocenters. The molecule has 0 radical (unpaired) electrons. The van der Waals surface area contributed by atoms with Crippen LogP contribution in [0, 0.1) is 0 Å². The van der Waals surface area contributed by atoms with E-state index in [0.29, 0.717) is 5.69 Å². The summed E-state index contributed by atoms with van der Waals surface area (Å²) in [4.78, 5) is 14.4. The number of aldehydes is 1. The van der Waals surface area contributed by atoms with E-state index in [1.165, 1.54) is 0 Å². The van der Waals surface area contributed by atoms with E-state index < -0.39 is 0 Å². The first-order chi connectivity index (χ1) is 7.09. The summed E-state index contributed by atoms with van der Waals surface area (Å²) < 4.78 is 7.77. The Morgan fingerprint density at radius 3 is 3.07 bits per heavy atom. The van der Waals surface area contributed by atoms with Crippen molar-refractivity contribution in [3.8, 4) is 0 Å². The quantitative estimate of drug-likeness (QED) is 0.709. The highest BCUT2D eigenvalue weighted by atomic mass is 16.5. The molecule has 1 saturated heterocycles. The Morgan fingerprint density at radius 1 is 1.73 bits per heavy atom. The zero-order chi connectivity index (χ0) is 10.9. The van der Waals surface area contributed by atoms with Crippen LogP contribution in [0.3, 0.4) is 0 Å². The molecule has 2 rings (SSSR count). The highest BCUT2D eigenvalue weighted by Gasteiger charge is 2.31. The molecule has 15 heavy (non-hydrogen) atoms. The van der Waals surface area contributed by atoms with Gasteiger partial charge in [0, 0.05) is 12.7 Å². The average Bonchev–Trinajstić information content (AvgIpc) is 2.73. The number of carbonyl (C=O) groups is 1. The molecule has 1 unspecified atom stereocenters. The molecule has 4 nitrogen and oxygen atoms in total. The lowest BCUT2D eigenvalue weighted by atomic mass is 10.1. The van der Waals surface area contributed by atoms with Crippen LogP contribution in [0.4, 0.5) is 0 Å². The fourth-order valence-electron chi connectivity index (χ4n) is 1.98. The third-order valence-corrected chi connectivity index (χ3v) is 2.74. The molecule has 0 amide bonds. The van der Waals surface area contributed by atoms with Gasteiger partial charge in [0.2, 0.25) is 0 Å². The van der Waals surface area contributed by atoms with Gasteiger partial charge in [-0.3, -0.25) is 4.79 Å². The SMILES string of the molecule is CC1(C)CCC(Cn2cnc(C=O)c2)O1. The molecule has 0 saturated carbocycles. The van der Waals surface area contributed by atoms with E-state index in [0.717, 1.165) is 25.7 Å². The fourth-order valence-corrected chi connectivity index (χ4v) is 1.98. The van der Waals surface area contributed by atoms with Gasteiger partial charge < -0.3 is 9.30 Å². The van der Waals surface area contributed by atoms with Gasteiger partial charge in [0.15, 0.2) is 6.29 Å². The van der Waals surface area contributed by atoms with E-state index in [-0.39, 0.29) is 11.7 Å². The van der Waals surface area contributed by atoms with E-state index in [9.17, 15) is 4.79 Å². The lowest BCUT2D eigenvalue weighted by Crippen LogP contribution is -2.22. The molecule has 82 valence electrons. The van der Waals surface area contributed by atoms with Crippen molar-refractivity contribution in [2.75, 3.05) is 0 Å². The summed E-state index contributed by atoms with van der Waals surface area (Å²) in [5.74, 6) is 0. The van der Waals surface area contributed by atoms with Gasteiger partial charge in [-0.05, 0) is 26.7 Å². The Morgan fingerprint density at radius 2 is 2.53 bits per heavy atom. The first-order valence-corrected chi connectivity index (χ1v) is 5.24. The highest BCUT2D eigenvalue weighted by molar-refractivity contribution is 5.70. The highest BCUT2D eigenvalue weighted by Crippen LogP contribution is 2.29. The largest absolute Gasteiger partial charge is 0.370 e. The van der Waals surface area contributed by atoms with Crippen LogP contribution in [-0.4, -0.2) is 27.5 Å². The number of carbonyl (C=O) groups excluding carboxylic acids is 1. The van der Waals surface area contributed by atoms with E-state index in [1.807, 2.05) is 4.57 Å². The predicted molar refractivity (Wildman–Crippen MR) is 55.8 cm³/mol. The summed E-state index contributed by atoms with van der Waals surface area (Å²) in [7, 11) is 0. The van der Waals surface area contributed by atoms with Gasteiger partial charge in [-0.15, -0.1) is 0 Å². The standard InChI is InChI=1S/C11H16N2O2/c1-11(2)4-3-10(15-11)6-13-5-9(7-14)12-8-13/h5,7-8,10H,3-4,6H2,1-2H3. The van der Waals surface area contributed by atoms with Gasteiger partial charge in [0.1, 0.15) is 5.69 Å². The normalized spacial score (nSPS) is 24.3. The van der Waals surface area contributed by atoms with Crippen molar-refractivity contribution in [1.82, 2.24) is 9.55 Å². The van der Waals surface area contributed by atoms with Crippen molar-refractivity contribution in [1.29, 1.82) is 0 Å². The zero-order valence-electron chi connectivity index (χ0n) is 9.14. The van der Waals surface area contributed by atoms with Gasteiger partial charge in [-0.2, -0.15) is 0 Å². The third-order valence-electron chi connectivity index (χ3n) is 2.74. The minimum Gasteiger partial charge on any atom is -0.370 e. The van der Waals surface area contributed by atoms with Crippen LogP contribution < -0.4 is 0 Å². The van der Waals surface area contributed by atoms with Crippen molar-refractivity contribution < 1.29 is 9.53 Å².